The van der Waals surface area contributed by atoms with E-state index >= 15 is 0 Å². The molecule has 1 atom stereocenters. The number of carboxylic acid groups (broad SMARTS) is 1. The Hall–Kier alpha value is -2.05. The molecule has 0 saturated heterocycles. The van der Waals surface area contributed by atoms with Crippen molar-refractivity contribution in [3.8, 4) is 0 Å². The average molecular weight is 286 g/mol. The molecule has 0 aromatic heterocycles. The third-order valence-electron chi connectivity index (χ3n) is 2.59. The predicted octanol–water partition coefficient (Wildman–Crippen LogP) is 1.00. The molecule has 2 N–H and O–H groups in total. The van der Waals surface area contributed by atoms with Gasteiger partial charge in [0.05, 0.1) is 7.11 Å². The minimum absolute atomic E-state index is 0.0155. The number of nitrogens with one attached hydrogen (secondary N) is 1. The lowest BCUT2D eigenvalue weighted by atomic mass is 10.1. The molecule has 2 amide bonds. The number of carbonyl (C=O) groups excluding carboxylic acids is 2. The molecular formula is C13H22N2O5. The Morgan fingerprint density at radius 1 is 1.40 bits per heavy atom. The van der Waals surface area contributed by atoms with Crippen LogP contribution < -0.4 is 5.32 Å². The van der Waals surface area contributed by atoms with Crippen molar-refractivity contribution in [3.63, 3.8) is 0 Å². The fourth-order valence-electron chi connectivity index (χ4n) is 1.51. The number of methoxy groups -OCH3 is 1. The van der Waals surface area contributed by atoms with Crippen molar-refractivity contribution >= 4 is 18.0 Å². The van der Waals surface area contributed by atoms with E-state index in [0.717, 1.165) is 5.57 Å². The minimum Gasteiger partial charge on any atom is -0.480 e. The lowest BCUT2D eigenvalue weighted by Gasteiger charge is -2.24. The third kappa shape index (κ3) is 6.77. The molecule has 0 aliphatic heterocycles. The van der Waals surface area contributed by atoms with E-state index in [4.69, 9.17) is 5.11 Å². The molecule has 114 valence electrons. The summed E-state index contributed by atoms with van der Waals surface area (Å²) >= 11 is 0. The molecule has 0 aliphatic rings. The molecule has 0 aromatic rings. The molecule has 7 heteroatoms. The maximum atomic E-state index is 11.9. The Kier molecular flexibility index (Phi) is 8.03. The topological polar surface area (TPSA) is 95.9 Å². The van der Waals surface area contributed by atoms with Crippen molar-refractivity contribution in [2.45, 2.75) is 32.7 Å². The monoisotopic (exact) mass is 286 g/mol. The molecule has 0 saturated carbocycles. The van der Waals surface area contributed by atoms with Crippen molar-refractivity contribution in [3.05, 3.63) is 12.2 Å². The van der Waals surface area contributed by atoms with Crippen molar-refractivity contribution in [2.75, 3.05) is 20.2 Å². The highest BCUT2D eigenvalue weighted by atomic mass is 16.5. The summed E-state index contributed by atoms with van der Waals surface area (Å²) in [5.41, 5.74) is 0.795. The highest BCUT2D eigenvalue weighted by Gasteiger charge is 2.23. The summed E-state index contributed by atoms with van der Waals surface area (Å²) < 4.78 is 4.44. The second kappa shape index (κ2) is 8.95. The minimum atomic E-state index is -1.19. The zero-order chi connectivity index (χ0) is 15.7. The van der Waals surface area contributed by atoms with Crippen molar-refractivity contribution in [1.29, 1.82) is 0 Å². The molecular weight excluding hydrogens is 264 g/mol. The van der Waals surface area contributed by atoms with Crippen LogP contribution in [0.15, 0.2) is 12.2 Å². The van der Waals surface area contributed by atoms with Crippen LogP contribution in [0.25, 0.3) is 0 Å². The molecule has 0 fully saturated rings. The second-order valence-electron chi connectivity index (χ2n) is 4.43. The second-order valence-corrected chi connectivity index (χ2v) is 4.43. The number of amides is 2. The van der Waals surface area contributed by atoms with Crippen LogP contribution in [0.5, 0.6) is 0 Å². The largest absolute Gasteiger partial charge is 0.480 e. The van der Waals surface area contributed by atoms with Crippen molar-refractivity contribution in [1.82, 2.24) is 10.2 Å². The van der Waals surface area contributed by atoms with E-state index in [0.29, 0.717) is 13.1 Å². The molecule has 0 unspecified atom stereocenters. The van der Waals surface area contributed by atoms with Gasteiger partial charge in [-0.2, -0.15) is 0 Å². The summed E-state index contributed by atoms with van der Waals surface area (Å²) in [7, 11) is 1.22. The van der Waals surface area contributed by atoms with Gasteiger partial charge in [0.15, 0.2) is 0 Å². The molecule has 0 rings (SSSR count). The smallest absolute Gasteiger partial charge is 0.326 e. The van der Waals surface area contributed by atoms with Crippen LogP contribution in [-0.2, 0) is 14.3 Å². The summed E-state index contributed by atoms with van der Waals surface area (Å²) in [5.74, 6) is -1.70. The molecule has 20 heavy (non-hydrogen) atoms. The van der Waals surface area contributed by atoms with E-state index in [1.54, 1.807) is 13.8 Å². The Morgan fingerprint density at radius 3 is 2.40 bits per heavy atom. The van der Waals surface area contributed by atoms with E-state index < -0.39 is 24.0 Å². The predicted molar refractivity (Wildman–Crippen MR) is 73.3 cm³/mol. The lowest BCUT2D eigenvalue weighted by Crippen LogP contribution is -2.48. The van der Waals surface area contributed by atoms with Gasteiger partial charge in [-0.05, 0) is 20.3 Å². The van der Waals surface area contributed by atoms with Gasteiger partial charge >= 0.3 is 18.0 Å². The number of ether oxygens (including phenoxy) is 1. The number of urea groups is 1. The molecule has 0 aliphatic carbocycles. The molecule has 0 aromatic carbocycles. The Labute approximate surface area is 118 Å². The fourth-order valence-corrected chi connectivity index (χ4v) is 1.51. The SMILES string of the molecule is C=C(C)CN(CC)C(=O)N[C@H](CCC(=O)OC)C(=O)O. The molecule has 0 radical (unpaired) electrons. The number of hydrogen-bond acceptors (Lipinski definition) is 4. The average Bonchev–Trinajstić information content (AvgIpc) is 2.39. The number of carboxylic acids is 1. The quantitative estimate of drug-likeness (QED) is 0.512. The highest BCUT2D eigenvalue weighted by molar-refractivity contribution is 5.83. The van der Waals surface area contributed by atoms with E-state index in [1.165, 1.54) is 12.0 Å². The van der Waals surface area contributed by atoms with Gasteiger partial charge in [0, 0.05) is 19.5 Å². The van der Waals surface area contributed by atoms with Gasteiger partial charge in [-0.15, -0.1) is 0 Å². The van der Waals surface area contributed by atoms with Gasteiger partial charge in [0.25, 0.3) is 0 Å². The molecule has 0 heterocycles. The first-order valence-electron chi connectivity index (χ1n) is 6.31. The maximum absolute atomic E-state index is 11.9. The van der Waals surface area contributed by atoms with Gasteiger partial charge in [-0.1, -0.05) is 12.2 Å². The highest BCUT2D eigenvalue weighted by Crippen LogP contribution is 2.02. The maximum Gasteiger partial charge on any atom is 0.326 e. The van der Waals surface area contributed by atoms with Crippen LogP contribution in [0.4, 0.5) is 4.79 Å². The third-order valence-corrected chi connectivity index (χ3v) is 2.59. The van der Waals surface area contributed by atoms with Gasteiger partial charge in [-0.25, -0.2) is 9.59 Å². The number of esters is 1. The number of aliphatic carboxylic acids is 1. The Bertz CT molecular complexity index is 381. The van der Waals surface area contributed by atoms with Crippen LogP contribution in [0, 0.1) is 0 Å². The number of likely N-dealkylation sites (N-methyl/N-ethyl adjacent to an activating group) is 1. The van der Waals surface area contributed by atoms with Gasteiger partial charge in [-0.3, -0.25) is 4.79 Å². The summed E-state index contributed by atoms with van der Waals surface area (Å²) in [6, 6.07) is -1.62. The van der Waals surface area contributed by atoms with Crippen LogP contribution in [0.1, 0.15) is 26.7 Å². The lowest BCUT2D eigenvalue weighted by molar-refractivity contribution is -0.142. The van der Waals surface area contributed by atoms with Gasteiger partial charge in [0.1, 0.15) is 6.04 Å². The summed E-state index contributed by atoms with van der Waals surface area (Å²) in [5, 5.41) is 11.4. The number of hydrogen-bond donors (Lipinski definition) is 2. The van der Waals surface area contributed by atoms with Crippen molar-refractivity contribution in [2.24, 2.45) is 0 Å². The first kappa shape index (κ1) is 17.9. The van der Waals surface area contributed by atoms with Crippen LogP contribution in [0.2, 0.25) is 0 Å². The van der Waals surface area contributed by atoms with Crippen LogP contribution in [-0.4, -0.2) is 54.2 Å². The van der Waals surface area contributed by atoms with Gasteiger partial charge in [0.2, 0.25) is 0 Å². The van der Waals surface area contributed by atoms with E-state index in [1.807, 2.05) is 0 Å². The van der Waals surface area contributed by atoms with Gasteiger partial charge < -0.3 is 20.1 Å². The zero-order valence-electron chi connectivity index (χ0n) is 12.1. The van der Waals surface area contributed by atoms with E-state index in [2.05, 4.69) is 16.6 Å². The first-order chi connectivity index (χ1) is 9.31. The summed E-state index contributed by atoms with van der Waals surface area (Å²) in [6.45, 7) is 8.06. The van der Waals surface area contributed by atoms with E-state index in [9.17, 15) is 14.4 Å². The molecule has 0 bridgehead atoms. The normalized spacial score (nSPS) is 11.3. The summed E-state index contributed by atoms with van der Waals surface area (Å²) in [4.78, 5) is 35.5. The zero-order valence-corrected chi connectivity index (χ0v) is 12.1. The molecule has 7 nitrogen and oxygen atoms in total. The van der Waals surface area contributed by atoms with Crippen LogP contribution >= 0.6 is 0 Å². The number of carbonyl (C=O) groups is 3. The Morgan fingerprint density at radius 2 is 2.00 bits per heavy atom. The van der Waals surface area contributed by atoms with Crippen molar-refractivity contribution < 1.29 is 24.2 Å². The van der Waals surface area contributed by atoms with Crippen LogP contribution in [0.3, 0.4) is 0 Å². The van der Waals surface area contributed by atoms with E-state index in [-0.39, 0.29) is 12.8 Å². The number of nitrogens with zero attached hydrogens (tertiary/aromatic N) is 1. The standard InChI is InChI=1S/C13H22N2O5/c1-5-15(8-9(2)3)13(19)14-10(12(17)18)6-7-11(16)20-4/h10H,2,5-8H2,1,3-4H3,(H,14,19)(H,17,18)/t10-/m1/s1. The Balaban J connectivity index is 4.56. The fraction of sp³-hybridized carbons (Fsp3) is 0.615. The molecule has 0 spiro atoms. The summed E-state index contributed by atoms with van der Waals surface area (Å²) in [6.07, 6.45) is -0.0846. The first-order valence-corrected chi connectivity index (χ1v) is 6.31. The number of rotatable bonds is 8.